The van der Waals surface area contributed by atoms with Crippen LogP contribution in [0, 0.1) is 6.92 Å². The van der Waals surface area contributed by atoms with Gasteiger partial charge in [0.15, 0.2) is 0 Å². The molecule has 0 radical (unpaired) electrons. The first-order chi connectivity index (χ1) is 5.88. The summed E-state index contributed by atoms with van der Waals surface area (Å²) in [5.74, 6) is 0.876. The number of nitrogens with zero attached hydrogens (tertiary/aromatic N) is 2. The van der Waals surface area contributed by atoms with Crippen LogP contribution in [0.2, 0.25) is 0 Å². The second kappa shape index (κ2) is 2.77. The molecule has 60 valence electrons. The second-order valence-corrected chi connectivity index (χ2v) is 2.57. The average molecular weight is 159 g/mol. The predicted molar refractivity (Wildman–Crippen MR) is 46.6 cm³/mol. The first-order valence-electron chi connectivity index (χ1n) is 3.79. The van der Waals surface area contributed by atoms with Gasteiger partial charge in [0.25, 0.3) is 0 Å². The number of nitrogens with one attached hydrogen (secondary N) is 1. The van der Waals surface area contributed by atoms with E-state index in [1.807, 2.05) is 25.3 Å². The third-order valence-corrected chi connectivity index (χ3v) is 1.76. The summed E-state index contributed by atoms with van der Waals surface area (Å²) in [6.07, 6.45) is 5.32. The number of rotatable bonds is 1. The van der Waals surface area contributed by atoms with Crippen molar-refractivity contribution in [3.8, 4) is 11.4 Å². The molecule has 3 heteroatoms. The van der Waals surface area contributed by atoms with E-state index in [4.69, 9.17) is 0 Å². The van der Waals surface area contributed by atoms with Gasteiger partial charge in [-0.2, -0.15) is 0 Å². The number of imidazole rings is 1. The van der Waals surface area contributed by atoms with Gasteiger partial charge in [-0.05, 0) is 19.1 Å². The highest BCUT2D eigenvalue weighted by atomic mass is 14.9. The SMILES string of the molecule is Cc1ncccc1-c1ncc[nH]1. The van der Waals surface area contributed by atoms with Crippen molar-refractivity contribution in [3.05, 3.63) is 36.4 Å². The number of H-pyrrole nitrogens is 1. The summed E-state index contributed by atoms with van der Waals surface area (Å²) in [6, 6.07) is 3.91. The number of aromatic nitrogens is 3. The van der Waals surface area contributed by atoms with Gasteiger partial charge in [-0.3, -0.25) is 4.98 Å². The van der Waals surface area contributed by atoms with Gasteiger partial charge in [-0.25, -0.2) is 4.98 Å². The molecule has 0 fully saturated rings. The van der Waals surface area contributed by atoms with Crippen molar-refractivity contribution in [1.82, 2.24) is 15.0 Å². The number of hydrogen-bond donors (Lipinski definition) is 1. The Morgan fingerprint density at radius 1 is 1.25 bits per heavy atom. The van der Waals surface area contributed by atoms with E-state index in [0.29, 0.717) is 0 Å². The molecule has 2 aromatic rings. The predicted octanol–water partition coefficient (Wildman–Crippen LogP) is 1.78. The van der Waals surface area contributed by atoms with Crippen LogP contribution < -0.4 is 0 Å². The molecule has 1 N–H and O–H groups in total. The fourth-order valence-electron chi connectivity index (χ4n) is 1.15. The van der Waals surface area contributed by atoms with Gasteiger partial charge >= 0.3 is 0 Å². The van der Waals surface area contributed by atoms with Crippen molar-refractivity contribution in [1.29, 1.82) is 0 Å². The van der Waals surface area contributed by atoms with E-state index in [-0.39, 0.29) is 0 Å². The minimum atomic E-state index is 0.876. The largest absolute Gasteiger partial charge is 0.345 e. The molecule has 0 saturated carbocycles. The van der Waals surface area contributed by atoms with Gasteiger partial charge in [-0.1, -0.05) is 0 Å². The molecule has 12 heavy (non-hydrogen) atoms. The van der Waals surface area contributed by atoms with Crippen molar-refractivity contribution in [3.63, 3.8) is 0 Å². The highest BCUT2D eigenvalue weighted by Crippen LogP contribution is 2.15. The van der Waals surface area contributed by atoms with Gasteiger partial charge in [0.2, 0.25) is 0 Å². The van der Waals surface area contributed by atoms with E-state index >= 15 is 0 Å². The molecule has 0 aliphatic rings. The van der Waals surface area contributed by atoms with Crippen molar-refractivity contribution in [2.24, 2.45) is 0 Å². The maximum absolute atomic E-state index is 4.18. The van der Waals surface area contributed by atoms with Gasteiger partial charge in [0, 0.05) is 29.8 Å². The van der Waals surface area contributed by atoms with E-state index in [1.165, 1.54) is 0 Å². The molecule has 0 bridgehead atoms. The van der Waals surface area contributed by atoms with Crippen LogP contribution in [0.3, 0.4) is 0 Å². The Morgan fingerprint density at radius 3 is 2.83 bits per heavy atom. The number of aryl methyl sites for hydroxylation is 1. The zero-order valence-electron chi connectivity index (χ0n) is 6.78. The topological polar surface area (TPSA) is 41.6 Å². The lowest BCUT2D eigenvalue weighted by Gasteiger charge is -1.98. The summed E-state index contributed by atoms with van der Waals surface area (Å²) in [4.78, 5) is 11.4. The molecular weight excluding hydrogens is 150 g/mol. The van der Waals surface area contributed by atoms with Crippen LogP contribution in [0.4, 0.5) is 0 Å². The zero-order chi connectivity index (χ0) is 8.39. The first-order valence-corrected chi connectivity index (χ1v) is 3.79. The Hall–Kier alpha value is -1.64. The summed E-state index contributed by atoms with van der Waals surface area (Å²) in [6.45, 7) is 1.97. The molecule has 3 nitrogen and oxygen atoms in total. The van der Waals surface area contributed by atoms with E-state index in [9.17, 15) is 0 Å². The minimum Gasteiger partial charge on any atom is -0.345 e. The number of pyridine rings is 1. The van der Waals surface area contributed by atoms with Crippen LogP contribution in [-0.4, -0.2) is 15.0 Å². The molecule has 0 spiro atoms. The molecule has 0 aliphatic heterocycles. The monoisotopic (exact) mass is 159 g/mol. The third-order valence-electron chi connectivity index (χ3n) is 1.76. The van der Waals surface area contributed by atoms with Crippen molar-refractivity contribution in [2.45, 2.75) is 6.92 Å². The van der Waals surface area contributed by atoms with Gasteiger partial charge < -0.3 is 4.98 Å². The van der Waals surface area contributed by atoms with Crippen molar-refractivity contribution in [2.75, 3.05) is 0 Å². The maximum Gasteiger partial charge on any atom is 0.139 e. The first kappa shape index (κ1) is 7.03. The minimum absolute atomic E-state index is 0.876. The molecule has 2 aromatic heterocycles. The summed E-state index contributed by atoms with van der Waals surface area (Å²) in [5.41, 5.74) is 2.05. The van der Waals surface area contributed by atoms with Gasteiger partial charge in [0.1, 0.15) is 5.82 Å². The molecule has 0 aromatic carbocycles. The lowest BCUT2D eigenvalue weighted by atomic mass is 10.2. The highest BCUT2D eigenvalue weighted by molar-refractivity contribution is 5.56. The highest BCUT2D eigenvalue weighted by Gasteiger charge is 2.01. The van der Waals surface area contributed by atoms with E-state index in [2.05, 4.69) is 15.0 Å². The molecule has 0 saturated heterocycles. The van der Waals surface area contributed by atoms with E-state index < -0.39 is 0 Å². The molecule has 0 unspecified atom stereocenters. The lowest BCUT2D eigenvalue weighted by molar-refractivity contribution is 1.17. The number of aromatic amines is 1. The average Bonchev–Trinajstić information content (AvgIpc) is 2.57. The van der Waals surface area contributed by atoms with Gasteiger partial charge in [0.05, 0.1) is 0 Å². The Bertz CT molecular complexity index is 365. The molecular formula is C9H9N3. The molecule has 0 atom stereocenters. The summed E-state index contributed by atoms with van der Waals surface area (Å²) in [5, 5.41) is 0. The normalized spacial score (nSPS) is 10.1. The van der Waals surface area contributed by atoms with Crippen molar-refractivity contribution < 1.29 is 0 Å². The van der Waals surface area contributed by atoms with E-state index in [0.717, 1.165) is 17.1 Å². The van der Waals surface area contributed by atoms with Crippen LogP contribution in [0.1, 0.15) is 5.69 Å². The molecule has 0 amide bonds. The second-order valence-electron chi connectivity index (χ2n) is 2.57. The quantitative estimate of drug-likeness (QED) is 0.689. The summed E-state index contributed by atoms with van der Waals surface area (Å²) >= 11 is 0. The lowest BCUT2D eigenvalue weighted by Crippen LogP contribution is -1.87. The number of hydrogen-bond acceptors (Lipinski definition) is 2. The Balaban J connectivity index is 2.55. The van der Waals surface area contributed by atoms with Gasteiger partial charge in [-0.15, -0.1) is 0 Å². The fourth-order valence-corrected chi connectivity index (χ4v) is 1.15. The molecule has 0 aliphatic carbocycles. The standard InChI is InChI=1S/C9H9N3/c1-7-8(3-2-4-10-7)9-11-5-6-12-9/h2-6H,1H3,(H,11,12). The van der Waals surface area contributed by atoms with Crippen LogP contribution in [0.5, 0.6) is 0 Å². The molecule has 2 rings (SSSR count). The van der Waals surface area contributed by atoms with E-state index in [1.54, 1.807) is 12.4 Å². The summed E-state index contributed by atoms with van der Waals surface area (Å²) in [7, 11) is 0. The zero-order valence-corrected chi connectivity index (χ0v) is 6.78. The maximum atomic E-state index is 4.18. The smallest absolute Gasteiger partial charge is 0.139 e. The van der Waals surface area contributed by atoms with Crippen molar-refractivity contribution >= 4 is 0 Å². The molecule has 2 heterocycles. The summed E-state index contributed by atoms with van der Waals surface area (Å²) < 4.78 is 0. The Morgan fingerprint density at radius 2 is 2.17 bits per heavy atom. The van der Waals surface area contributed by atoms with Crippen LogP contribution in [-0.2, 0) is 0 Å². The van der Waals surface area contributed by atoms with Crippen LogP contribution >= 0.6 is 0 Å². The van der Waals surface area contributed by atoms with Crippen LogP contribution in [0.15, 0.2) is 30.7 Å². The Labute approximate surface area is 70.5 Å². The fraction of sp³-hybridized carbons (Fsp3) is 0.111. The third kappa shape index (κ3) is 1.09. The van der Waals surface area contributed by atoms with Crippen LogP contribution in [0.25, 0.3) is 11.4 Å². The Kier molecular flexibility index (Phi) is 1.63.